The number of rotatable bonds is 5. The number of nitrogens with zero attached hydrogens (tertiary/aromatic N) is 1. The zero-order valence-corrected chi connectivity index (χ0v) is 15.0. The minimum absolute atomic E-state index is 0.0793. The average molecular weight is 402 g/mol. The van der Waals surface area contributed by atoms with Crippen molar-refractivity contribution in [1.82, 2.24) is 10.3 Å². The van der Waals surface area contributed by atoms with E-state index in [1.54, 1.807) is 12.2 Å². The van der Waals surface area contributed by atoms with Crippen LogP contribution in [0.4, 0.5) is 19.0 Å². The number of hydrogen-bond acceptors (Lipinski definition) is 5. The van der Waals surface area contributed by atoms with Gasteiger partial charge in [-0.25, -0.2) is 9.78 Å². The fraction of sp³-hybridized carbons (Fsp3) is 0.235. The molecule has 0 aliphatic carbocycles. The molecule has 0 aliphatic heterocycles. The van der Waals surface area contributed by atoms with Crippen molar-refractivity contribution in [2.45, 2.75) is 18.8 Å². The lowest BCUT2D eigenvalue weighted by atomic mass is 10.1. The van der Waals surface area contributed by atoms with Crippen molar-refractivity contribution < 1.29 is 27.5 Å². The van der Waals surface area contributed by atoms with E-state index in [-0.39, 0.29) is 16.4 Å². The van der Waals surface area contributed by atoms with E-state index in [0.29, 0.717) is 5.56 Å². The maximum atomic E-state index is 13.9. The molecule has 0 saturated carbocycles. The standard InChI is InChI=1S/C17H15ClF3N3O3/c1-10-7-8-13(22-9-10)23-16(15(26)27-2,17(19,20)21)24-14(25)11-5-3-4-6-12(11)18/h3-9H,1-2H3,(H,22,23)(H,24,25). The molecule has 0 saturated heterocycles. The number of anilines is 1. The number of aromatic nitrogens is 1. The van der Waals surface area contributed by atoms with Crippen molar-refractivity contribution in [1.29, 1.82) is 0 Å². The second-order valence-electron chi connectivity index (χ2n) is 5.52. The number of hydrogen-bond donors (Lipinski definition) is 2. The van der Waals surface area contributed by atoms with Gasteiger partial charge in [0, 0.05) is 6.20 Å². The Hall–Kier alpha value is -2.81. The topological polar surface area (TPSA) is 80.3 Å². The molecular formula is C17H15ClF3N3O3. The van der Waals surface area contributed by atoms with Crippen LogP contribution in [0.2, 0.25) is 5.02 Å². The Morgan fingerprint density at radius 1 is 1.15 bits per heavy atom. The average Bonchev–Trinajstić information content (AvgIpc) is 2.61. The molecule has 27 heavy (non-hydrogen) atoms. The fourth-order valence-corrected chi connectivity index (χ4v) is 2.38. The number of carbonyl (C=O) groups is 2. The third-order valence-corrected chi connectivity index (χ3v) is 3.89. The highest BCUT2D eigenvalue weighted by Crippen LogP contribution is 2.33. The molecule has 2 aromatic rings. The van der Waals surface area contributed by atoms with Gasteiger partial charge in [-0.05, 0) is 30.7 Å². The normalized spacial score (nSPS) is 13.4. The summed E-state index contributed by atoms with van der Waals surface area (Å²) in [5.41, 5.74) is -3.12. The number of halogens is 4. The van der Waals surface area contributed by atoms with Gasteiger partial charge in [0.15, 0.2) is 0 Å². The summed E-state index contributed by atoms with van der Waals surface area (Å²) in [4.78, 5) is 28.3. The van der Waals surface area contributed by atoms with E-state index in [1.807, 2.05) is 5.32 Å². The SMILES string of the molecule is COC(=O)C(NC(=O)c1ccccc1Cl)(Nc1ccc(C)cn1)C(F)(F)F. The molecule has 2 N–H and O–H groups in total. The lowest BCUT2D eigenvalue weighted by molar-refractivity contribution is -0.203. The van der Waals surface area contributed by atoms with Crippen LogP contribution in [-0.4, -0.2) is 35.8 Å². The van der Waals surface area contributed by atoms with Crippen molar-refractivity contribution in [2.75, 3.05) is 12.4 Å². The number of ether oxygens (including phenoxy) is 1. The first kappa shape index (κ1) is 20.5. The number of amides is 1. The zero-order valence-electron chi connectivity index (χ0n) is 14.2. The van der Waals surface area contributed by atoms with Crippen LogP contribution in [0.25, 0.3) is 0 Å². The highest BCUT2D eigenvalue weighted by atomic mass is 35.5. The molecule has 0 bridgehead atoms. The molecule has 0 aliphatic rings. The van der Waals surface area contributed by atoms with E-state index in [2.05, 4.69) is 9.72 Å². The van der Waals surface area contributed by atoms with Gasteiger partial charge in [0.05, 0.1) is 17.7 Å². The molecule has 1 amide bonds. The highest BCUT2D eigenvalue weighted by molar-refractivity contribution is 6.33. The van der Waals surface area contributed by atoms with Crippen LogP contribution in [0.5, 0.6) is 0 Å². The van der Waals surface area contributed by atoms with E-state index in [0.717, 1.165) is 7.11 Å². The van der Waals surface area contributed by atoms with Gasteiger partial charge in [-0.1, -0.05) is 29.8 Å². The minimum atomic E-state index is -5.26. The largest absolute Gasteiger partial charge is 0.466 e. The molecule has 6 nitrogen and oxygen atoms in total. The first-order valence-electron chi connectivity index (χ1n) is 7.54. The summed E-state index contributed by atoms with van der Waals surface area (Å²) in [5, 5.41) is 3.53. The summed E-state index contributed by atoms with van der Waals surface area (Å²) in [5.74, 6) is -3.27. The van der Waals surface area contributed by atoms with Gasteiger partial charge in [-0.2, -0.15) is 13.2 Å². The highest BCUT2D eigenvalue weighted by Gasteiger charge is 2.63. The van der Waals surface area contributed by atoms with E-state index in [4.69, 9.17) is 11.6 Å². The van der Waals surface area contributed by atoms with Crippen molar-refractivity contribution in [3.8, 4) is 0 Å². The molecule has 1 aromatic heterocycles. The summed E-state index contributed by atoms with van der Waals surface area (Å²) in [6.45, 7) is 1.69. The number of alkyl halides is 3. The molecule has 144 valence electrons. The molecule has 2 rings (SSSR count). The lowest BCUT2D eigenvalue weighted by Gasteiger charge is -2.34. The third kappa shape index (κ3) is 4.30. The number of aryl methyl sites for hydroxylation is 1. The van der Waals surface area contributed by atoms with E-state index < -0.39 is 23.7 Å². The van der Waals surface area contributed by atoms with Crippen LogP contribution < -0.4 is 10.6 Å². The van der Waals surface area contributed by atoms with Gasteiger partial charge in [0.1, 0.15) is 5.82 Å². The van der Waals surface area contributed by atoms with Crippen molar-refractivity contribution in [3.05, 3.63) is 58.7 Å². The van der Waals surface area contributed by atoms with Crippen molar-refractivity contribution in [3.63, 3.8) is 0 Å². The first-order valence-corrected chi connectivity index (χ1v) is 7.91. The second-order valence-corrected chi connectivity index (χ2v) is 5.93. The van der Waals surface area contributed by atoms with Gasteiger partial charge in [-0.15, -0.1) is 0 Å². The quantitative estimate of drug-likeness (QED) is 0.593. The molecule has 0 spiro atoms. The molecular weight excluding hydrogens is 387 g/mol. The molecule has 0 radical (unpaired) electrons. The van der Waals surface area contributed by atoms with E-state index >= 15 is 0 Å². The molecule has 10 heteroatoms. The molecule has 0 fully saturated rings. The van der Waals surface area contributed by atoms with Gasteiger partial charge in [-0.3, -0.25) is 4.79 Å². The summed E-state index contributed by atoms with van der Waals surface area (Å²) in [6.07, 6.45) is -3.96. The maximum absolute atomic E-state index is 13.9. The lowest BCUT2D eigenvalue weighted by Crippen LogP contribution is -2.69. The predicted octanol–water partition coefficient (Wildman–Crippen LogP) is 3.32. The van der Waals surface area contributed by atoms with Crippen LogP contribution in [0.1, 0.15) is 15.9 Å². The Morgan fingerprint density at radius 3 is 2.33 bits per heavy atom. The third-order valence-electron chi connectivity index (χ3n) is 3.56. The zero-order chi connectivity index (χ0) is 20.2. The van der Waals surface area contributed by atoms with E-state index in [1.165, 1.54) is 42.6 Å². The van der Waals surface area contributed by atoms with Crippen LogP contribution in [0, 0.1) is 6.92 Å². The van der Waals surface area contributed by atoms with Crippen molar-refractivity contribution in [2.24, 2.45) is 0 Å². The summed E-state index contributed by atoms with van der Waals surface area (Å²) in [7, 11) is 0.773. The number of benzene rings is 1. The Kier molecular flexibility index (Phi) is 5.94. The van der Waals surface area contributed by atoms with Crippen LogP contribution in [0.3, 0.4) is 0 Å². The smallest absolute Gasteiger partial charge is 0.441 e. The maximum Gasteiger partial charge on any atom is 0.441 e. The number of methoxy groups -OCH3 is 1. The van der Waals surface area contributed by atoms with Crippen LogP contribution in [0.15, 0.2) is 42.6 Å². The van der Waals surface area contributed by atoms with Gasteiger partial charge >= 0.3 is 17.8 Å². The minimum Gasteiger partial charge on any atom is -0.466 e. The van der Waals surface area contributed by atoms with E-state index in [9.17, 15) is 22.8 Å². The Balaban J connectivity index is 2.50. The van der Waals surface area contributed by atoms with Crippen molar-refractivity contribution >= 4 is 29.3 Å². The molecule has 1 atom stereocenters. The molecule has 1 heterocycles. The number of nitrogens with one attached hydrogen (secondary N) is 2. The van der Waals surface area contributed by atoms with Crippen LogP contribution in [-0.2, 0) is 9.53 Å². The summed E-state index contributed by atoms with van der Waals surface area (Å²) >= 11 is 5.86. The van der Waals surface area contributed by atoms with Gasteiger partial charge < -0.3 is 15.4 Å². The number of carbonyl (C=O) groups excluding carboxylic acids is 2. The molecule has 1 aromatic carbocycles. The molecule has 1 unspecified atom stereocenters. The predicted molar refractivity (Wildman–Crippen MR) is 92.3 cm³/mol. The Morgan fingerprint density at radius 2 is 1.81 bits per heavy atom. The van der Waals surface area contributed by atoms with Gasteiger partial charge in [0.2, 0.25) is 0 Å². The monoisotopic (exact) mass is 401 g/mol. The summed E-state index contributed by atoms with van der Waals surface area (Å²) < 4.78 is 46.1. The second kappa shape index (κ2) is 7.83. The van der Waals surface area contributed by atoms with Crippen LogP contribution >= 0.6 is 11.6 Å². The fourth-order valence-electron chi connectivity index (χ4n) is 2.16. The number of pyridine rings is 1. The first-order chi connectivity index (χ1) is 12.6. The summed E-state index contributed by atoms with van der Waals surface area (Å²) in [6, 6.07) is 8.21. The Labute approximate surface area is 157 Å². The Bertz CT molecular complexity index is 843. The van der Waals surface area contributed by atoms with Gasteiger partial charge in [0.25, 0.3) is 5.91 Å². The number of esters is 1.